The number of amides is 1. The number of hydrogen-bond donors (Lipinski definition) is 1. The molecule has 0 radical (unpaired) electrons. The number of benzene rings is 2. The van der Waals surface area contributed by atoms with Gasteiger partial charge < -0.3 is 10.1 Å². The molecular weight excluding hydrogens is 402 g/mol. The molecule has 0 bridgehead atoms. The van der Waals surface area contributed by atoms with Crippen molar-refractivity contribution in [3.8, 4) is 22.7 Å². The first-order chi connectivity index (χ1) is 15.6. The minimum absolute atomic E-state index is 0.248. The van der Waals surface area contributed by atoms with Crippen LogP contribution in [0.2, 0.25) is 0 Å². The lowest BCUT2D eigenvalue weighted by Crippen LogP contribution is -2.24. The second-order valence-electron chi connectivity index (χ2n) is 7.71. The number of carbonyl (C=O) groups excluding carboxylic acids is 1. The number of nitrogens with one attached hydrogen (secondary N) is 1. The minimum atomic E-state index is -0.293. The van der Waals surface area contributed by atoms with Gasteiger partial charge in [-0.05, 0) is 41.3 Å². The number of rotatable bonds is 7. The second kappa shape index (κ2) is 9.43. The molecule has 32 heavy (non-hydrogen) atoms. The quantitative estimate of drug-likeness (QED) is 0.473. The molecule has 4 aromatic rings. The molecule has 2 aromatic heterocycles. The summed E-state index contributed by atoms with van der Waals surface area (Å²) in [6.45, 7) is 4.71. The fourth-order valence-electron chi connectivity index (χ4n) is 3.41. The van der Waals surface area contributed by atoms with Crippen LogP contribution in [0.1, 0.15) is 41.4 Å². The van der Waals surface area contributed by atoms with Crippen molar-refractivity contribution < 1.29 is 9.53 Å². The van der Waals surface area contributed by atoms with Crippen LogP contribution in [0.3, 0.4) is 0 Å². The van der Waals surface area contributed by atoms with Gasteiger partial charge in [0.25, 0.3) is 5.91 Å². The van der Waals surface area contributed by atoms with E-state index in [0.717, 1.165) is 16.8 Å². The third-order valence-electron chi connectivity index (χ3n) is 5.24. The van der Waals surface area contributed by atoms with Gasteiger partial charge >= 0.3 is 0 Å². The van der Waals surface area contributed by atoms with E-state index in [9.17, 15) is 4.79 Å². The van der Waals surface area contributed by atoms with Crippen LogP contribution in [0.4, 0.5) is 0 Å². The van der Waals surface area contributed by atoms with Gasteiger partial charge in [-0.2, -0.15) is 0 Å². The van der Waals surface area contributed by atoms with Crippen LogP contribution < -0.4 is 10.1 Å². The largest absolute Gasteiger partial charge is 0.497 e. The van der Waals surface area contributed by atoms with Crippen molar-refractivity contribution in [3.63, 3.8) is 0 Å². The highest BCUT2D eigenvalue weighted by atomic mass is 16.5. The maximum absolute atomic E-state index is 13.1. The molecule has 1 amide bonds. The molecule has 4 rings (SSSR count). The zero-order chi connectivity index (χ0) is 22.5. The summed E-state index contributed by atoms with van der Waals surface area (Å²) in [5.41, 5.74) is 4.66. The SMILES string of the molecule is COc1cccc(-n2nnc(C(=O)NCc3ccc(C(C)C)cc3)c2-c2ccncc2)c1. The van der Waals surface area contributed by atoms with Gasteiger partial charge in [-0.3, -0.25) is 9.78 Å². The predicted octanol–water partition coefficient (Wildman–Crippen LogP) is 4.39. The Bertz CT molecular complexity index is 1200. The van der Waals surface area contributed by atoms with Crippen LogP contribution in [-0.4, -0.2) is 33.0 Å². The van der Waals surface area contributed by atoms with E-state index in [1.807, 2.05) is 48.5 Å². The smallest absolute Gasteiger partial charge is 0.274 e. The average molecular weight is 428 g/mol. The van der Waals surface area contributed by atoms with Gasteiger partial charge in [-0.25, -0.2) is 4.68 Å². The third kappa shape index (κ3) is 4.51. The first kappa shape index (κ1) is 21.2. The van der Waals surface area contributed by atoms with Crippen LogP contribution in [0.5, 0.6) is 5.75 Å². The average Bonchev–Trinajstić information content (AvgIpc) is 3.29. The van der Waals surface area contributed by atoms with Crippen LogP contribution >= 0.6 is 0 Å². The Hall–Kier alpha value is -4.00. The Morgan fingerprint density at radius 3 is 2.50 bits per heavy atom. The maximum Gasteiger partial charge on any atom is 0.274 e. The van der Waals surface area contributed by atoms with Gasteiger partial charge in [0.05, 0.1) is 12.8 Å². The van der Waals surface area contributed by atoms with Crippen molar-refractivity contribution in [2.75, 3.05) is 7.11 Å². The lowest BCUT2D eigenvalue weighted by molar-refractivity contribution is 0.0946. The molecule has 0 fully saturated rings. The van der Waals surface area contributed by atoms with Crippen molar-refractivity contribution in [2.45, 2.75) is 26.3 Å². The highest BCUT2D eigenvalue weighted by Crippen LogP contribution is 2.26. The summed E-state index contributed by atoms with van der Waals surface area (Å²) < 4.78 is 6.98. The van der Waals surface area contributed by atoms with E-state index in [1.165, 1.54) is 5.56 Å². The van der Waals surface area contributed by atoms with Gasteiger partial charge in [-0.1, -0.05) is 49.4 Å². The monoisotopic (exact) mass is 427 g/mol. The molecule has 0 unspecified atom stereocenters. The normalized spacial score (nSPS) is 10.9. The van der Waals surface area contributed by atoms with Crippen LogP contribution in [0, 0.1) is 0 Å². The summed E-state index contributed by atoms with van der Waals surface area (Å²) in [6, 6.07) is 19.4. The topological polar surface area (TPSA) is 81.9 Å². The molecule has 162 valence electrons. The van der Waals surface area contributed by atoms with Crippen molar-refractivity contribution in [2.24, 2.45) is 0 Å². The van der Waals surface area contributed by atoms with Gasteiger partial charge in [0.2, 0.25) is 0 Å². The lowest BCUT2D eigenvalue weighted by atomic mass is 10.0. The molecule has 0 saturated heterocycles. The fraction of sp³-hybridized carbons (Fsp3) is 0.200. The van der Waals surface area contributed by atoms with Crippen molar-refractivity contribution >= 4 is 5.91 Å². The number of pyridine rings is 1. The first-order valence-corrected chi connectivity index (χ1v) is 10.4. The molecule has 0 aliphatic heterocycles. The number of aromatic nitrogens is 4. The summed E-state index contributed by atoms with van der Waals surface area (Å²) in [6.07, 6.45) is 3.35. The highest BCUT2D eigenvalue weighted by Gasteiger charge is 2.22. The molecule has 1 N–H and O–H groups in total. The fourth-order valence-corrected chi connectivity index (χ4v) is 3.41. The Morgan fingerprint density at radius 2 is 1.81 bits per heavy atom. The first-order valence-electron chi connectivity index (χ1n) is 10.4. The molecule has 0 atom stereocenters. The summed E-state index contributed by atoms with van der Waals surface area (Å²) in [7, 11) is 1.61. The third-order valence-corrected chi connectivity index (χ3v) is 5.24. The maximum atomic E-state index is 13.1. The predicted molar refractivity (Wildman–Crippen MR) is 123 cm³/mol. The van der Waals surface area contributed by atoms with E-state index in [1.54, 1.807) is 24.2 Å². The number of nitrogens with zero attached hydrogens (tertiary/aromatic N) is 4. The molecule has 0 aliphatic rings. The van der Waals surface area contributed by atoms with Crippen LogP contribution in [0.25, 0.3) is 16.9 Å². The van der Waals surface area contributed by atoms with Gasteiger partial charge in [0.15, 0.2) is 5.69 Å². The second-order valence-corrected chi connectivity index (χ2v) is 7.71. The molecule has 0 aliphatic carbocycles. The molecule has 0 saturated carbocycles. The van der Waals surface area contributed by atoms with Gasteiger partial charge in [0, 0.05) is 30.6 Å². The Morgan fingerprint density at radius 1 is 1.06 bits per heavy atom. The summed E-state index contributed by atoms with van der Waals surface area (Å²) >= 11 is 0. The van der Waals surface area contributed by atoms with Crippen molar-refractivity contribution in [1.29, 1.82) is 0 Å². The Labute approximate surface area is 187 Å². The van der Waals surface area contributed by atoms with Crippen molar-refractivity contribution in [1.82, 2.24) is 25.3 Å². The summed E-state index contributed by atoms with van der Waals surface area (Å²) in [4.78, 5) is 17.2. The number of carbonyl (C=O) groups is 1. The summed E-state index contributed by atoms with van der Waals surface area (Å²) in [5, 5.41) is 11.5. The molecule has 2 heterocycles. The standard InChI is InChI=1S/C25H25N5O2/c1-17(2)19-9-7-18(8-10-19)16-27-25(31)23-24(20-11-13-26-14-12-20)30(29-28-23)21-5-4-6-22(15-21)32-3/h4-15,17H,16H2,1-3H3,(H,27,31). The molecule has 7 nitrogen and oxygen atoms in total. The van der Waals surface area contributed by atoms with Crippen LogP contribution in [0.15, 0.2) is 73.1 Å². The van der Waals surface area contributed by atoms with Gasteiger partial charge in [-0.15, -0.1) is 5.10 Å². The minimum Gasteiger partial charge on any atom is -0.497 e. The molecular formula is C25H25N5O2. The van der Waals surface area contributed by atoms with E-state index in [0.29, 0.717) is 23.9 Å². The van der Waals surface area contributed by atoms with Crippen LogP contribution in [-0.2, 0) is 6.54 Å². The van der Waals surface area contributed by atoms with E-state index >= 15 is 0 Å². The number of methoxy groups -OCH3 is 1. The lowest BCUT2D eigenvalue weighted by Gasteiger charge is -2.10. The zero-order valence-corrected chi connectivity index (χ0v) is 18.3. The van der Waals surface area contributed by atoms with E-state index in [4.69, 9.17) is 4.74 Å². The van der Waals surface area contributed by atoms with Crippen molar-refractivity contribution in [3.05, 3.63) is 89.9 Å². The Kier molecular flexibility index (Phi) is 6.26. The highest BCUT2D eigenvalue weighted by molar-refractivity contribution is 5.98. The summed E-state index contributed by atoms with van der Waals surface area (Å²) in [5.74, 6) is 0.863. The molecule has 2 aromatic carbocycles. The number of hydrogen-bond acceptors (Lipinski definition) is 5. The van der Waals surface area contributed by atoms with E-state index < -0.39 is 0 Å². The number of ether oxygens (including phenoxy) is 1. The van der Waals surface area contributed by atoms with E-state index in [2.05, 4.69) is 46.6 Å². The molecule has 0 spiro atoms. The van der Waals surface area contributed by atoms with Gasteiger partial charge in [0.1, 0.15) is 11.4 Å². The van der Waals surface area contributed by atoms with E-state index in [-0.39, 0.29) is 11.6 Å². The Balaban J connectivity index is 1.64. The zero-order valence-electron chi connectivity index (χ0n) is 18.3. The molecule has 7 heteroatoms.